The van der Waals surface area contributed by atoms with Gasteiger partial charge in [0, 0.05) is 5.41 Å². The van der Waals surface area contributed by atoms with Gasteiger partial charge in [-0.2, -0.15) is 0 Å². The Labute approximate surface area is 134 Å². The highest BCUT2D eigenvalue weighted by Gasteiger charge is 2.10. The third-order valence-corrected chi connectivity index (χ3v) is 4.84. The summed E-state index contributed by atoms with van der Waals surface area (Å²) < 4.78 is 37.5. The van der Waals surface area contributed by atoms with E-state index in [-0.39, 0.29) is 11.6 Å². The van der Waals surface area contributed by atoms with Crippen molar-refractivity contribution < 1.29 is 12.8 Å². The fraction of sp³-hybridized carbons (Fsp3) is 0.0526. The minimum atomic E-state index is -3.41. The van der Waals surface area contributed by atoms with Gasteiger partial charge in [0.15, 0.2) is 9.84 Å². The minimum absolute atomic E-state index is 0.0634. The van der Waals surface area contributed by atoms with E-state index in [1.54, 1.807) is 12.1 Å². The summed E-state index contributed by atoms with van der Waals surface area (Å²) in [5.74, 6) is -0.410. The lowest BCUT2D eigenvalue weighted by atomic mass is 10.1. The van der Waals surface area contributed by atoms with Gasteiger partial charge in [0.05, 0.1) is 5.75 Å². The molecule has 0 atom stereocenters. The summed E-state index contributed by atoms with van der Waals surface area (Å²) in [6.45, 7) is 0. The molecule has 2 nitrogen and oxygen atoms in total. The second-order valence-corrected chi connectivity index (χ2v) is 7.19. The third kappa shape index (κ3) is 3.85. The molecule has 0 aliphatic heterocycles. The number of halogens is 1. The van der Waals surface area contributed by atoms with Crippen LogP contribution < -0.4 is 0 Å². The number of benzene rings is 3. The zero-order valence-electron chi connectivity index (χ0n) is 12.3. The Morgan fingerprint density at radius 1 is 0.870 bits per heavy atom. The van der Waals surface area contributed by atoms with E-state index in [9.17, 15) is 12.8 Å². The number of sulfone groups is 1. The topological polar surface area (TPSA) is 34.1 Å². The van der Waals surface area contributed by atoms with Crippen LogP contribution in [0.5, 0.6) is 0 Å². The first-order valence-electron chi connectivity index (χ1n) is 7.16. The normalized spacial score (nSPS) is 12.0. The van der Waals surface area contributed by atoms with Gasteiger partial charge in [-0.15, -0.1) is 0 Å². The molecule has 0 saturated heterocycles. The molecule has 3 rings (SSSR count). The Bertz CT molecular complexity index is 953. The van der Waals surface area contributed by atoms with Crippen LogP contribution in [0.3, 0.4) is 0 Å². The highest BCUT2D eigenvalue weighted by atomic mass is 32.2. The highest BCUT2D eigenvalue weighted by molar-refractivity contribution is 7.93. The molecule has 116 valence electrons. The molecule has 0 radical (unpaired) electrons. The van der Waals surface area contributed by atoms with E-state index in [1.165, 1.54) is 23.6 Å². The maximum absolute atomic E-state index is 12.9. The first-order chi connectivity index (χ1) is 11.0. The first-order valence-corrected chi connectivity index (χ1v) is 8.88. The second-order valence-electron chi connectivity index (χ2n) is 5.30. The van der Waals surface area contributed by atoms with Gasteiger partial charge in [-0.25, -0.2) is 12.8 Å². The van der Waals surface area contributed by atoms with Crippen molar-refractivity contribution in [2.75, 3.05) is 0 Å². The van der Waals surface area contributed by atoms with Crippen LogP contribution in [0.4, 0.5) is 4.39 Å². The van der Waals surface area contributed by atoms with Crippen molar-refractivity contribution in [1.29, 1.82) is 0 Å². The van der Waals surface area contributed by atoms with Crippen LogP contribution in [0.25, 0.3) is 16.8 Å². The van der Waals surface area contributed by atoms with Gasteiger partial charge in [-0.05, 0) is 40.1 Å². The van der Waals surface area contributed by atoms with Crippen molar-refractivity contribution in [2.45, 2.75) is 5.75 Å². The van der Waals surface area contributed by atoms with E-state index in [4.69, 9.17) is 0 Å². The molecule has 0 aliphatic carbocycles. The Morgan fingerprint density at radius 2 is 1.57 bits per heavy atom. The molecule has 0 bridgehead atoms. The Kier molecular flexibility index (Phi) is 4.26. The van der Waals surface area contributed by atoms with Crippen LogP contribution in [0.2, 0.25) is 0 Å². The van der Waals surface area contributed by atoms with Gasteiger partial charge < -0.3 is 0 Å². The lowest BCUT2D eigenvalue weighted by molar-refractivity contribution is 0.604. The Hall–Kier alpha value is -2.46. The van der Waals surface area contributed by atoms with E-state index in [0.717, 1.165) is 16.3 Å². The lowest BCUT2D eigenvalue weighted by Crippen LogP contribution is -2.00. The monoisotopic (exact) mass is 326 g/mol. The quantitative estimate of drug-likeness (QED) is 0.704. The highest BCUT2D eigenvalue weighted by Crippen LogP contribution is 2.21. The smallest absolute Gasteiger partial charge is 0.175 e. The van der Waals surface area contributed by atoms with Crippen molar-refractivity contribution >= 4 is 26.7 Å². The molecule has 0 heterocycles. The van der Waals surface area contributed by atoms with E-state index < -0.39 is 9.84 Å². The average Bonchev–Trinajstić information content (AvgIpc) is 2.54. The van der Waals surface area contributed by atoms with E-state index in [1.807, 2.05) is 42.5 Å². The number of hydrogen-bond donors (Lipinski definition) is 0. The summed E-state index contributed by atoms with van der Waals surface area (Å²) in [5, 5.41) is 3.14. The predicted molar refractivity (Wildman–Crippen MR) is 92.0 cm³/mol. The molecule has 3 aromatic carbocycles. The van der Waals surface area contributed by atoms with Crippen LogP contribution in [0, 0.1) is 5.82 Å². The van der Waals surface area contributed by atoms with Crippen LogP contribution in [-0.2, 0) is 15.6 Å². The molecule has 0 aromatic heterocycles. The first kappa shape index (κ1) is 15.4. The van der Waals surface area contributed by atoms with Gasteiger partial charge in [-0.3, -0.25) is 0 Å². The minimum Gasteiger partial charge on any atom is -0.224 e. The van der Waals surface area contributed by atoms with Gasteiger partial charge in [-0.1, -0.05) is 54.6 Å². The van der Waals surface area contributed by atoms with E-state index in [0.29, 0.717) is 5.56 Å². The number of hydrogen-bond acceptors (Lipinski definition) is 2. The molecule has 4 heteroatoms. The van der Waals surface area contributed by atoms with Crippen LogP contribution in [-0.4, -0.2) is 8.42 Å². The van der Waals surface area contributed by atoms with Gasteiger partial charge in [0.2, 0.25) is 0 Å². The Morgan fingerprint density at radius 3 is 2.35 bits per heavy atom. The molecular weight excluding hydrogens is 311 g/mol. The van der Waals surface area contributed by atoms with Crippen molar-refractivity contribution in [3.63, 3.8) is 0 Å². The van der Waals surface area contributed by atoms with Crippen molar-refractivity contribution in [1.82, 2.24) is 0 Å². The molecule has 0 amide bonds. The summed E-state index contributed by atoms with van der Waals surface area (Å²) in [6.07, 6.45) is 1.49. The molecule has 23 heavy (non-hydrogen) atoms. The Balaban J connectivity index is 1.87. The molecule has 0 unspecified atom stereocenters. The van der Waals surface area contributed by atoms with E-state index >= 15 is 0 Å². The summed E-state index contributed by atoms with van der Waals surface area (Å²) in [5.41, 5.74) is 1.42. The summed E-state index contributed by atoms with van der Waals surface area (Å²) in [4.78, 5) is 0. The second kappa shape index (κ2) is 6.34. The van der Waals surface area contributed by atoms with Gasteiger partial charge in [0.1, 0.15) is 5.82 Å². The summed E-state index contributed by atoms with van der Waals surface area (Å²) in [6, 6.07) is 19.0. The van der Waals surface area contributed by atoms with Crippen LogP contribution in [0.1, 0.15) is 11.1 Å². The fourth-order valence-corrected chi connectivity index (χ4v) is 3.59. The summed E-state index contributed by atoms with van der Waals surface area (Å²) >= 11 is 0. The predicted octanol–water partition coefficient (Wildman–Crippen LogP) is 4.56. The third-order valence-electron chi connectivity index (χ3n) is 3.57. The zero-order chi connectivity index (χ0) is 16.3. The lowest BCUT2D eigenvalue weighted by Gasteiger charge is -2.05. The number of rotatable bonds is 4. The molecule has 0 fully saturated rings. The summed E-state index contributed by atoms with van der Waals surface area (Å²) in [7, 11) is -3.41. The van der Waals surface area contributed by atoms with Crippen molar-refractivity contribution in [3.05, 3.63) is 89.1 Å². The SMILES string of the molecule is O=S(=O)(C=Cc1ccc(F)cc1)Cc1cccc2ccccc12. The van der Waals surface area contributed by atoms with Gasteiger partial charge in [0.25, 0.3) is 0 Å². The van der Waals surface area contributed by atoms with Crippen LogP contribution >= 0.6 is 0 Å². The molecule has 0 saturated carbocycles. The standard InChI is InChI=1S/C19H15FO2S/c20-18-10-8-15(9-11-18)12-13-23(21,22)14-17-6-3-5-16-4-1-2-7-19(16)17/h1-13H,14H2. The molecule has 0 aliphatic rings. The van der Waals surface area contributed by atoms with Crippen molar-refractivity contribution in [2.24, 2.45) is 0 Å². The average molecular weight is 326 g/mol. The number of fused-ring (bicyclic) bond motifs is 1. The molecule has 0 N–H and O–H groups in total. The molecule has 0 spiro atoms. The largest absolute Gasteiger partial charge is 0.224 e. The van der Waals surface area contributed by atoms with Crippen molar-refractivity contribution in [3.8, 4) is 0 Å². The maximum Gasteiger partial charge on any atom is 0.175 e. The van der Waals surface area contributed by atoms with E-state index in [2.05, 4.69) is 0 Å². The zero-order valence-corrected chi connectivity index (χ0v) is 13.1. The maximum atomic E-state index is 12.9. The van der Waals surface area contributed by atoms with Gasteiger partial charge >= 0.3 is 0 Å². The molecule has 3 aromatic rings. The fourth-order valence-electron chi connectivity index (χ4n) is 2.44. The molecular formula is C19H15FO2S. The van der Waals surface area contributed by atoms with Crippen LogP contribution in [0.15, 0.2) is 72.1 Å².